The van der Waals surface area contributed by atoms with Crippen LogP contribution in [-0.4, -0.2) is 34.0 Å². The Morgan fingerprint density at radius 2 is 2.27 bits per heavy atom. The van der Waals surface area contributed by atoms with E-state index in [1.807, 2.05) is 13.8 Å². The summed E-state index contributed by atoms with van der Waals surface area (Å²) in [6, 6.07) is 0.271. The van der Waals surface area contributed by atoms with Gasteiger partial charge in [-0.25, -0.2) is 0 Å². The summed E-state index contributed by atoms with van der Waals surface area (Å²) < 4.78 is 17.3. The van der Waals surface area contributed by atoms with Gasteiger partial charge in [0.25, 0.3) is 0 Å². The van der Waals surface area contributed by atoms with Crippen molar-refractivity contribution in [1.82, 2.24) is 0 Å². The van der Waals surface area contributed by atoms with Crippen LogP contribution in [0.25, 0.3) is 0 Å². The lowest BCUT2D eigenvalue weighted by Crippen LogP contribution is -2.25. The average Bonchev–Trinajstić information content (AvgIpc) is 2.58. The minimum absolute atomic E-state index is 0.180. The molecule has 4 atom stereocenters. The van der Waals surface area contributed by atoms with Crippen molar-refractivity contribution in [3.05, 3.63) is 0 Å². The smallest absolute Gasteiger partial charge is 0.0691 e. The molecule has 1 fully saturated rings. The molecule has 1 rings (SSSR count). The second kappa shape index (κ2) is 6.61. The molecule has 0 bridgehead atoms. The van der Waals surface area contributed by atoms with Gasteiger partial charge in [0.2, 0.25) is 0 Å². The first-order chi connectivity index (χ1) is 7.11. The molecule has 0 aromatic carbocycles. The van der Waals surface area contributed by atoms with E-state index in [2.05, 4.69) is 0 Å². The van der Waals surface area contributed by atoms with Gasteiger partial charge in [-0.2, -0.15) is 0 Å². The van der Waals surface area contributed by atoms with Crippen molar-refractivity contribution in [1.29, 1.82) is 0 Å². The van der Waals surface area contributed by atoms with Gasteiger partial charge in [0, 0.05) is 29.2 Å². The maximum atomic E-state index is 11.9. The number of rotatable bonds is 6. The zero-order valence-corrected chi connectivity index (χ0v) is 10.6. The van der Waals surface area contributed by atoms with Gasteiger partial charge in [0.15, 0.2) is 0 Å². The van der Waals surface area contributed by atoms with E-state index in [0.29, 0.717) is 0 Å². The molecule has 0 saturated carbocycles. The third kappa shape index (κ3) is 4.62. The minimum Gasteiger partial charge on any atom is -0.377 e. The van der Waals surface area contributed by atoms with Crippen LogP contribution < -0.4 is 5.73 Å². The van der Waals surface area contributed by atoms with Crippen molar-refractivity contribution in [2.24, 2.45) is 5.73 Å². The predicted octanol–water partition coefficient (Wildman–Crippen LogP) is 1.43. The molecule has 3 nitrogen and oxygen atoms in total. The minimum atomic E-state index is -0.706. The maximum Gasteiger partial charge on any atom is 0.0691 e. The number of unbranched alkanes of at least 4 members (excludes halogenated alkanes) is 1. The highest BCUT2D eigenvalue weighted by atomic mass is 32.2. The fourth-order valence-electron chi connectivity index (χ4n) is 1.92. The van der Waals surface area contributed by atoms with Crippen LogP contribution in [0.2, 0.25) is 0 Å². The summed E-state index contributed by atoms with van der Waals surface area (Å²) in [7, 11) is -0.706. The molecule has 4 heteroatoms. The van der Waals surface area contributed by atoms with Crippen molar-refractivity contribution < 1.29 is 8.95 Å². The Bertz CT molecular complexity index is 209. The summed E-state index contributed by atoms with van der Waals surface area (Å²) >= 11 is 0. The number of ether oxygens (including phenoxy) is 1. The maximum absolute atomic E-state index is 11.9. The Labute approximate surface area is 95.2 Å². The van der Waals surface area contributed by atoms with Gasteiger partial charge in [-0.15, -0.1) is 0 Å². The van der Waals surface area contributed by atoms with Crippen LogP contribution in [0.15, 0.2) is 0 Å². The summed E-state index contributed by atoms with van der Waals surface area (Å²) in [5, 5.41) is 0.264. The van der Waals surface area contributed by atoms with Gasteiger partial charge in [0.05, 0.1) is 11.4 Å². The molecule has 1 aliphatic heterocycles. The lowest BCUT2D eigenvalue weighted by Gasteiger charge is -2.13. The van der Waals surface area contributed by atoms with Crippen LogP contribution >= 0.6 is 0 Å². The molecule has 4 unspecified atom stereocenters. The molecule has 1 saturated heterocycles. The summed E-state index contributed by atoms with van der Waals surface area (Å²) in [4.78, 5) is 0. The third-order valence-electron chi connectivity index (χ3n) is 2.90. The molecule has 0 aromatic heterocycles. The second-order valence-electron chi connectivity index (χ2n) is 4.46. The zero-order chi connectivity index (χ0) is 11.3. The SMILES string of the molecule is CC(N)CCCCS(=O)C1CCOC1C. The van der Waals surface area contributed by atoms with Gasteiger partial charge in [-0.3, -0.25) is 4.21 Å². The van der Waals surface area contributed by atoms with Crippen LogP contribution in [0.5, 0.6) is 0 Å². The number of hydrogen-bond acceptors (Lipinski definition) is 3. The Hall–Kier alpha value is 0.0700. The normalized spacial score (nSPS) is 30.3. The fraction of sp³-hybridized carbons (Fsp3) is 1.00. The zero-order valence-electron chi connectivity index (χ0n) is 9.78. The van der Waals surface area contributed by atoms with Gasteiger partial charge in [-0.1, -0.05) is 6.42 Å². The molecule has 1 heterocycles. The van der Waals surface area contributed by atoms with Crippen LogP contribution in [0.4, 0.5) is 0 Å². The lowest BCUT2D eigenvalue weighted by atomic mass is 10.2. The molecule has 1 aliphatic rings. The molecule has 15 heavy (non-hydrogen) atoms. The molecule has 0 radical (unpaired) electrons. The van der Waals surface area contributed by atoms with Crippen LogP contribution in [0, 0.1) is 0 Å². The Balaban J connectivity index is 2.13. The molecular weight excluding hydrogens is 210 g/mol. The average molecular weight is 233 g/mol. The predicted molar refractivity (Wildman–Crippen MR) is 64.3 cm³/mol. The summed E-state index contributed by atoms with van der Waals surface area (Å²) in [6.45, 7) is 4.82. The Kier molecular flexibility index (Phi) is 5.79. The van der Waals surface area contributed by atoms with Crippen molar-refractivity contribution >= 4 is 10.8 Å². The van der Waals surface area contributed by atoms with Gasteiger partial charge < -0.3 is 10.5 Å². The molecule has 0 aliphatic carbocycles. The van der Waals surface area contributed by atoms with Gasteiger partial charge >= 0.3 is 0 Å². The standard InChI is InChI=1S/C11H23NO2S/c1-9(12)5-3-4-8-15(13)11-6-7-14-10(11)2/h9-11H,3-8,12H2,1-2H3. The van der Waals surface area contributed by atoms with Crippen molar-refractivity contribution in [2.75, 3.05) is 12.4 Å². The Morgan fingerprint density at radius 1 is 1.53 bits per heavy atom. The first-order valence-corrected chi connectivity index (χ1v) is 7.24. The van der Waals surface area contributed by atoms with E-state index in [4.69, 9.17) is 10.5 Å². The first-order valence-electron chi connectivity index (χ1n) is 5.85. The molecule has 90 valence electrons. The topological polar surface area (TPSA) is 52.3 Å². The lowest BCUT2D eigenvalue weighted by molar-refractivity contribution is 0.127. The van der Waals surface area contributed by atoms with Crippen molar-refractivity contribution in [3.63, 3.8) is 0 Å². The van der Waals surface area contributed by atoms with Gasteiger partial charge in [0.1, 0.15) is 0 Å². The molecule has 0 amide bonds. The molecule has 2 N–H and O–H groups in total. The quantitative estimate of drug-likeness (QED) is 0.706. The molecule has 0 spiro atoms. The van der Waals surface area contributed by atoms with Crippen molar-refractivity contribution in [2.45, 2.75) is 56.9 Å². The van der Waals surface area contributed by atoms with Crippen molar-refractivity contribution in [3.8, 4) is 0 Å². The van der Waals surface area contributed by atoms with Gasteiger partial charge in [-0.05, 0) is 33.1 Å². The number of nitrogens with two attached hydrogens (primary N) is 1. The highest BCUT2D eigenvalue weighted by Gasteiger charge is 2.28. The Morgan fingerprint density at radius 3 is 2.80 bits per heavy atom. The highest BCUT2D eigenvalue weighted by Crippen LogP contribution is 2.19. The molecule has 0 aromatic rings. The molecular formula is C11H23NO2S. The van der Waals surface area contributed by atoms with Crippen LogP contribution in [0.3, 0.4) is 0 Å². The second-order valence-corrected chi connectivity index (χ2v) is 6.24. The summed E-state index contributed by atoms with van der Waals surface area (Å²) in [5.41, 5.74) is 5.66. The van der Waals surface area contributed by atoms with E-state index in [-0.39, 0.29) is 17.4 Å². The van der Waals surface area contributed by atoms with E-state index < -0.39 is 10.8 Å². The first kappa shape index (κ1) is 13.1. The summed E-state index contributed by atoms with van der Waals surface area (Å²) in [6.07, 6.45) is 4.29. The van der Waals surface area contributed by atoms with E-state index in [1.165, 1.54) is 0 Å². The fourth-order valence-corrected chi connectivity index (χ4v) is 3.58. The monoisotopic (exact) mass is 233 g/mol. The van der Waals surface area contributed by atoms with Crippen LogP contribution in [-0.2, 0) is 15.5 Å². The van der Waals surface area contributed by atoms with E-state index >= 15 is 0 Å². The third-order valence-corrected chi connectivity index (χ3v) is 4.88. The number of hydrogen-bond donors (Lipinski definition) is 1. The van der Waals surface area contributed by atoms with E-state index in [9.17, 15) is 4.21 Å². The highest BCUT2D eigenvalue weighted by molar-refractivity contribution is 7.85. The van der Waals surface area contributed by atoms with E-state index in [0.717, 1.165) is 38.0 Å². The van der Waals surface area contributed by atoms with Crippen LogP contribution in [0.1, 0.15) is 39.5 Å². The largest absolute Gasteiger partial charge is 0.377 e. The van der Waals surface area contributed by atoms with E-state index in [1.54, 1.807) is 0 Å². The summed E-state index contributed by atoms with van der Waals surface area (Å²) in [5.74, 6) is 0.811.